The van der Waals surface area contributed by atoms with E-state index in [1.165, 1.54) is 25.3 Å². The van der Waals surface area contributed by atoms with Crippen molar-refractivity contribution in [3.05, 3.63) is 53.1 Å². The van der Waals surface area contributed by atoms with Crippen molar-refractivity contribution in [2.75, 3.05) is 38.7 Å². The van der Waals surface area contributed by atoms with E-state index in [9.17, 15) is 14.0 Å². The third-order valence-corrected chi connectivity index (χ3v) is 8.04. The summed E-state index contributed by atoms with van der Waals surface area (Å²) in [6, 6.07) is 7.38. The van der Waals surface area contributed by atoms with Gasteiger partial charge in [-0.3, -0.25) is 14.5 Å². The zero-order valence-corrected chi connectivity index (χ0v) is 24.0. The number of nitrogens with zero attached hydrogens (tertiary/aromatic N) is 2. The number of carbonyl (C=O) groups excluding carboxylic acids is 2. The fourth-order valence-corrected chi connectivity index (χ4v) is 5.66. The van der Waals surface area contributed by atoms with Gasteiger partial charge in [0.15, 0.2) is 17.2 Å². The van der Waals surface area contributed by atoms with Crippen molar-refractivity contribution in [3.63, 3.8) is 0 Å². The van der Waals surface area contributed by atoms with Gasteiger partial charge in [0, 0.05) is 25.2 Å². The lowest BCUT2D eigenvalue weighted by molar-refractivity contribution is -0.154. The third kappa shape index (κ3) is 7.32. The Kier molecular flexibility index (Phi) is 9.81. The number of Topliss-reactive ketones (excluding diaryl/α,β-unsaturated/α-hetero) is 1. The molecule has 11 heteroatoms. The van der Waals surface area contributed by atoms with Crippen molar-refractivity contribution in [1.29, 1.82) is 0 Å². The monoisotopic (exact) mass is 585 g/mol. The summed E-state index contributed by atoms with van der Waals surface area (Å²) >= 11 is 0. The Labute approximate surface area is 243 Å². The molecule has 0 amide bonds. The second-order valence-corrected chi connectivity index (χ2v) is 11.1. The molecule has 0 spiro atoms. The van der Waals surface area contributed by atoms with E-state index in [1.807, 2.05) is 0 Å². The molecular formula is C31H37F2N3O6. The molecule has 1 aliphatic carbocycles. The molecule has 1 unspecified atom stereocenters. The van der Waals surface area contributed by atoms with E-state index in [4.69, 9.17) is 18.6 Å². The van der Waals surface area contributed by atoms with Crippen LogP contribution in [0.25, 0.3) is 11.1 Å². The molecule has 1 saturated heterocycles. The van der Waals surface area contributed by atoms with Crippen LogP contribution in [0.5, 0.6) is 0 Å². The standard InChI is InChI=1S/C31H37F2N3O6/c1-19-5-9-22(32)16-26(19)35-31-34-25-12-8-21(28(33)29(25)42-31)15-23(37)17-40-18-27(36-13-3-4-14-36)41-24-10-6-20(7-11-24)30(38)39-2/h5,8-9,12,16,20,24,27H,3-4,6-7,10-11,13-15,17-18H2,1-2H3,(H,34,35). The summed E-state index contributed by atoms with van der Waals surface area (Å²) < 4.78 is 51.6. The molecule has 1 atom stereocenters. The first-order chi connectivity index (χ1) is 20.3. The van der Waals surface area contributed by atoms with Gasteiger partial charge < -0.3 is 23.9 Å². The molecule has 0 bridgehead atoms. The van der Waals surface area contributed by atoms with E-state index >= 15 is 4.39 Å². The molecular weight excluding hydrogens is 548 g/mol. The largest absolute Gasteiger partial charge is 0.469 e. The Morgan fingerprint density at radius 2 is 1.88 bits per heavy atom. The first kappa shape index (κ1) is 30.1. The topological polar surface area (TPSA) is 103 Å². The van der Waals surface area contributed by atoms with E-state index in [0.717, 1.165) is 57.2 Å². The summed E-state index contributed by atoms with van der Waals surface area (Å²) in [5, 5.41) is 2.88. The van der Waals surface area contributed by atoms with Crippen LogP contribution in [0.2, 0.25) is 0 Å². The van der Waals surface area contributed by atoms with E-state index in [2.05, 4.69) is 15.2 Å². The van der Waals surface area contributed by atoms with Crippen molar-refractivity contribution >= 4 is 34.6 Å². The maximum absolute atomic E-state index is 15.3. The number of benzene rings is 2. The van der Waals surface area contributed by atoms with Crippen LogP contribution in [-0.2, 0) is 30.2 Å². The molecule has 5 rings (SSSR count). The molecule has 1 aliphatic heterocycles. The average Bonchev–Trinajstić information content (AvgIpc) is 3.67. The normalized spacial score (nSPS) is 20.1. The number of oxazole rings is 1. The number of hydrogen-bond donors (Lipinski definition) is 1. The van der Waals surface area contributed by atoms with Crippen molar-refractivity contribution < 1.29 is 37.0 Å². The molecule has 3 aromatic rings. The molecule has 1 N–H and O–H groups in total. The molecule has 226 valence electrons. The number of fused-ring (bicyclic) bond motifs is 1. The summed E-state index contributed by atoms with van der Waals surface area (Å²) in [4.78, 5) is 31.1. The Bertz CT molecular complexity index is 1400. The second-order valence-electron chi connectivity index (χ2n) is 11.1. The van der Waals surface area contributed by atoms with Gasteiger partial charge in [0.1, 0.15) is 24.2 Å². The summed E-state index contributed by atoms with van der Waals surface area (Å²) in [7, 11) is 1.42. The highest BCUT2D eigenvalue weighted by Crippen LogP contribution is 2.30. The lowest BCUT2D eigenvalue weighted by Crippen LogP contribution is -2.42. The number of carbonyl (C=O) groups is 2. The van der Waals surface area contributed by atoms with E-state index in [-0.39, 0.29) is 72.3 Å². The van der Waals surface area contributed by atoms with Gasteiger partial charge in [-0.25, -0.2) is 8.78 Å². The van der Waals surface area contributed by atoms with Crippen LogP contribution in [0.15, 0.2) is 34.7 Å². The highest BCUT2D eigenvalue weighted by Gasteiger charge is 2.31. The Morgan fingerprint density at radius 1 is 1.12 bits per heavy atom. The Morgan fingerprint density at radius 3 is 2.62 bits per heavy atom. The number of ketones is 1. The van der Waals surface area contributed by atoms with E-state index in [1.54, 1.807) is 19.1 Å². The fraction of sp³-hybridized carbons (Fsp3) is 0.516. The lowest BCUT2D eigenvalue weighted by atomic mass is 9.87. The smallest absolute Gasteiger partial charge is 0.308 e. The maximum atomic E-state index is 15.3. The molecule has 9 nitrogen and oxygen atoms in total. The summed E-state index contributed by atoms with van der Waals surface area (Å²) in [5.41, 5.74) is 1.61. The predicted octanol–water partition coefficient (Wildman–Crippen LogP) is 5.46. The number of hydrogen-bond acceptors (Lipinski definition) is 9. The molecule has 42 heavy (non-hydrogen) atoms. The molecule has 2 aliphatic rings. The van der Waals surface area contributed by atoms with Gasteiger partial charge in [0.25, 0.3) is 6.01 Å². The van der Waals surface area contributed by atoms with Gasteiger partial charge in [-0.2, -0.15) is 4.98 Å². The Hall–Kier alpha value is -3.41. The molecule has 1 saturated carbocycles. The van der Waals surface area contributed by atoms with Crippen LogP contribution in [0, 0.1) is 24.5 Å². The van der Waals surface area contributed by atoms with Crippen molar-refractivity contribution in [3.8, 4) is 0 Å². The number of rotatable bonds is 12. The van der Waals surface area contributed by atoms with Crippen LogP contribution in [0.4, 0.5) is 20.5 Å². The molecule has 2 heterocycles. The minimum absolute atomic E-state index is 0.0164. The van der Waals surface area contributed by atoms with Gasteiger partial charge in [-0.15, -0.1) is 0 Å². The summed E-state index contributed by atoms with van der Waals surface area (Å²) in [5.74, 6) is -1.61. The summed E-state index contributed by atoms with van der Waals surface area (Å²) in [6.45, 7) is 3.64. The summed E-state index contributed by atoms with van der Waals surface area (Å²) in [6.07, 6.45) is 4.72. The van der Waals surface area contributed by atoms with Gasteiger partial charge >= 0.3 is 5.97 Å². The minimum Gasteiger partial charge on any atom is -0.469 e. The van der Waals surface area contributed by atoms with Gasteiger partial charge in [0.2, 0.25) is 0 Å². The molecule has 2 fully saturated rings. The number of methoxy groups -OCH3 is 1. The zero-order valence-electron chi connectivity index (χ0n) is 24.0. The number of halogens is 2. The number of aromatic nitrogens is 1. The average molecular weight is 586 g/mol. The SMILES string of the molecule is COC(=O)C1CCC(OC(COCC(=O)Cc2ccc3nc(Nc4cc(F)ccc4C)oc3c2F)N2CCCC2)CC1. The van der Waals surface area contributed by atoms with Crippen molar-refractivity contribution in [1.82, 2.24) is 9.88 Å². The number of aryl methyl sites for hydroxylation is 1. The van der Waals surface area contributed by atoms with Crippen LogP contribution in [-0.4, -0.2) is 67.4 Å². The first-order valence-electron chi connectivity index (χ1n) is 14.5. The van der Waals surface area contributed by atoms with Gasteiger partial charge in [-0.1, -0.05) is 12.1 Å². The molecule has 2 aromatic carbocycles. The highest BCUT2D eigenvalue weighted by atomic mass is 19.1. The highest BCUT2D eigenvalue weighted by molar-refractivity contribution is 5.84. The number of ether oxygens (including phenoxy) is 3. The first-order valence-corrected chi connectivity index (χ1v) is 14.5. The van der Waals surface area contributed by atoms with Crippen LogP contribution in [0.3, 0.4) is 0 Å². The van der Waals surface area contributed by atoms with E-state index in [0.29, 0.717) is 5.69 Å². The molecule has 1 aromatic heterocycles. The van der Waals surface area contributed by atoms with Crippen molar-refractivity contribution in [2.24, 2.45) is 5.92 Å². The zero-order chi connectivity index (χ0) is 29.6. The van der Waals surface area contributed by atoms with Crippen LogP contribution < -0.4 is 5.32 Å². The number of likely N-dealkylation sites (tertiary alicyclic amines) is 1. The third-order valence-electron chi connectivity index (χ3n) is 8.04. The predicted molar refractivity (Wildman–Crippen MR) is 151 cm³/mol. The van der Waals surface area contributed by atoms with Gasteiger partial charge in [-0.05, 0) is 74.8 Å². The molecule has 0 radical (unpaired) electrons. The number of nitrogens with one attached hydrogen (secondary N) is 1. The van der Waals surface area contributed by atoms with Crippen LogP contribution >= 0.6 is 0 Å². The Balaban J connectivity index is 1.15. The van der Waals surface area contributed by atoms with Crippen LogP contribution in [0.1, 0.15) is 49.7 Å². The minimum atomic E-state index is -0.668. The van der Waals surface area contributed by atoms with E-state index < -0.39 is 11.6 Å². The lowest BCUT2D eigenvalue weighted by Gasteiger charge is -2.34. The second kappa shape index (κ2) is 13.7. The quantitative estimate of drug-likeness (QED) is 0.278. The van der Waals surface area contributed by atoms with Crippen molar-refractivity contribution in [2.45, 2.75) is 64.2 Å². The van der Waals surface area contributed by atoms with Gasteiger partial charge in [0.05, 0.1) is 25.7 Å². The number of esters is 1. The number of anilines is 2. The fourth-order valence-electron chi connectivity index (χ4n) is 5.66. The maximum Gasteiger partial charge on any atom is 0.308 e.